The highest BCUT2D eigenvalue weighted by atomic mass is 16.4. The van der Waals surface area contributed by atoms with Crippen molar-refractivity contribution >= 4 is 5.97 Å². The number of phenolic OH excluding ortho intramolecular Hbond substituents is 1. The number of carboxylic acids is 1. The second-order valence-electron chi connectivity index (χ2n) is 8.73. The molecule has 0 radical (unpaired) electrons. The van der Waals surface area contributed by atoms with E-state index in [4.69, 9.17) is 5.11 Å². The Hall–Kier alpha value is -2.33. The Balaban J connectivity index is 0.000000656. The second-order valence-corrected chi connectivity index (χ2v) is 8.73. The van der Waals surface area contributed by atoms with E-state index in [1.165, 1.54) is 11.1 Å². The number of phenols is 1. The summed E-state index contributed by atoms with van der Waals surface area (Å²) in [6, 6.07) is 17.5. The van der Waals surface area contributed by atoms with Crippen molar-refractivity contribution in [1.29, 1.82) is 0 Å². The van der Waals surface area contributed by atoms with Gasteiger partial charge in [0, 0.05) is 23.6 Å². The number of carbonyl (C=O) groups is 1. The molecule has 0 saturated heterocycles. The summed E-state index contributed by atoms with van der Waals surface area (Å²) in [5, 5.41) is 18.4. The molecule has 0 aliphatic rings. The van der Waals surface area contributed by atoms with Gasteiger partial charge in [-0.15, -0.1) is 0 Å². The van der Waals surface area contributed by atoms with Gasteiger partial charge in [0.25, 0.3) is 0 Å². The molecule has 0 spiro atoms. The molecule has 0 aliphatic heterocycles. The molecule has 2 aromatic rings. The summed E-state index contributed by atoms with van der Waals surface area (Å²) in [4.78, 5) is 12.2. The molecule has 0 bridgehead atoms. The number of aromatic hydroxyl groups is 1. The maximum Gasteiger partial charge on any atom is 0.305 e. The Morgan fingerprint density at radius 3 is 1.93 bits per heavy atom. The van der Waals surface area contributed by atoms with Crippen molar-refractivity contribution < 1.29 is 15.0 Å². The fourth-order valence-corrected chi connectivity index (χ4v) is 3.53. The summed E-state index contributed by atoms with van der Waals surface area (Å²) in [5.74, 6) is -0.360. The average Bonchev–Trinajstić information content (AvgIpc) is 2.68. The minimum absolute atomic E-state index is 0.214. The van der Waals surface area contributed by atoms with Gasteiger partial charge in [0.05, 0.1) is 5.92 Å². The Morgan fingerprint density at radius 1 is 0.933 bits per heavy atom. The number of hydrogen-bond acceptors (Lipinski definition) is 3. The van der Waals surface area contributed by atoms with Crippen LogP contribution in [0.4, 0.5) is 0 Å². The standard InChI is InChI=1S/C22H31NO.C4H8O2/c1-16(2)23(17(3)4)14-13-20(19-9-7-6-8-10-19)21-15-18(5)11-12-22(21)24;1-3(2)4(5)6/h6-12,15-17,20,24H,13-14H2,1-5H3;3H,1-2H3,(H,5,6)/t20-;/m1./s1. The van der Waals surface area contributed by atoms with Crippen molar-refractivity contribution in [2.24, 2.45) is 5.92 Å². The lowest BCUT2D eigenvalue weighted by molar-refractivity contribution is -0.140. The first kappa shape index (κ1) is 25.7. The van der Waals surface area contributed by atoms with Gasteiger partial charge in [0.1, 0.15) is 5.75 Å². The van der Waals surface area contributed by atoms with Crippen molar-refractivity contribution in [3.63, 3.8) is 0 Å². The van der Waals surface area contributed by atoms with Crippen LogP contribution in [-0.2, 0) is 4.79 Å². The molecule has 0 aromatic heterocycles. The van der Waals surface area contributed by atoms with Crippen LogP contribution in [0.15, 0.2) is 48.5 Å². The molecule has 0 fully saturated rings. The van der Waals surface area contributed by atoms with Gasteiger partial charge < -0.3 is 10.2 Å². The molecular formula is C26H39NO3. The van der Waals surface area contributed by atoms with Crippen molar-refractivity contribution in [2.45, 2.75) is 72.9 Å². The molecule has 4 nitrogen and oxygen atoms in total. The number of benzene rings is 2. The first-order valence-corrected chi connectivity index (χ1v) is 10.9. The zero-order valence-electron chi connectivity index (χ0n) is 19.6. The summed E-state index contributed by atoms with van der Waals surface area (Å²) in [6.45, 7) is 15.4. The molecule has 0 amide bonds. The van der Waals surface area contributed by atoms with Crippen LogP contribution in [0, 0.1) is 12.8 Å². The number of aliphatic carboxylic acids is 1. The largest absolute Gasteiger partial charge is 0.508 e. The molecule has 166 valence electrons. The van der Waals surface area contributed by atoms with Crippen LogP contribution in [0.25, 0.3) is 0 Å². The van der Waals surface area contributed by atoms with E-state index in [9.17, 15) is 9.90 Å². The van der Waals surface area contributed by atoms with Gasteiger partial charge in [0.15, 0.2) is 0 Å². The zero-order chi connectivity index (χ0) is 22.8. The number of carboxylic acid groups (broad SMARTS) is 1. The van der Waals surface area contributed by atoms with E-state index in [2.05, 4.69) is 69.9 Å². The lowest BCUT2D eigenvalue weighted by atomic mass is 9.87. The van der Waals surface area contributed by atoms with Gasteiger partial charge in [-0.3, -0.25) is 9.69 Å². The summed E-state index contributed by atoms with van der Waals surface area (Å²) in [5.41, 5.74) is 3.49. The topological polar surface area (TPSA) is 60.8 Å². The normalized spacial score (nSPS) is 12.2. The van der Waals surface area contributed by atoms with E-state index in [1.807, 2.05) is 18.2 Å². The number of hydrogen-bond donors (Lipinski definition) is 2. The summed E-state index contributed by atoms with van der Waals surface area (Å²) in [7, 11) is 0. The van der Waals surface area contributed by atoms with Crippen LogP contribution in [-0.4, -0.2) is 39.7 Å². The third-order valence-electron chi connectivity index (χ3n) is 5.26. The molecule has 0 aliphatic carbocycles. The fourth-order valence-electron chi connectivity index (χ4n) is 3.53. The number of nitrogens with zero attached hydrogens (tertiary/aromatic N) is 1. The quantitative estimate of drug-likeness (QED) is 0.551. The van der Waals surface area contributed by atoms with Crippen LogP contribution >= 0.6 is 0 Å². The minimum Gasteiger partial charge on any atom is -0.508 e. The summed E-state index contributed by atoms with van der Waals surface area (Å²) >= 11 is 0. The molecule has 1 atom stereocenters. The Bertz CT molecular complexity index is 761. The highest BCUT2D eigenvalue weighted by Gasteiger charge is 2.21. The molecule has 0 saturated carbocycles. The molecule has 2 rings (SSSR count). The van der Waals surface area contributed by atoms with Crippen LogP contribution in [0.2, 0.25) is 0 Å². The van der Waals surface area contributed by atoms with E-state index >= 15 is 0 Å². The summed E-state index contributed by atoms with van der Waals surface area (Å²) < 4.78 is 0. The van der Waals surface area contributed by atoms with Crippen molar-refractivity contribution in [2.75, 3.05) is 6.54 Å². The third-order valence-corrected chi connectivity index (χ3v) is 5.26. The Morgan fingerprint density at radius 2 is 1.47 bits per heavy atom. The first-order chi connectivity index (χ1) is 14.0. The molecule has 30 heavy (non-hydrogen) atoms. The Kier molecular flexibility index (Phi) is 10.6. The van der Waals surface area contributed by atoms with Gasteiger partial charge in [-0.25, -0.2) is 0 Å². The van der Waals surface area contributed by atoms with Crippen molar-refractivity contribution in [3.05, 3.63) is 65.2 Å². The maximum atomic E-state index is 10.4. The van der Waals surface area contributed by atoms with Gasteiger partial charge >= 0.3 is 5.97 Å². The van der Waals surface area contributed by atoms with Crippen LogP contribution in [0.1, 0.15) is 70.6 Å². The van der Waals surface area contributed by atoms with Gasteiger partial charge in [-0.1, -0.05) is 61.9 Å². The zero-order valence-corrected chi connectivity index (χ0v) is 19.6. The van der Waals surface area contributed by atoms with E-state index in [1.54, 1.807) is 13.8 Å². The third kappa shape index (κ3) is 8.19. The van der Waals surface area contributed by atoms with E-state index < -0.39 is 5.97 Å². The molecule has 0 heterocycles. The van der Waals surface area contributed by atoms with Gasteiger partial charge in [0.2, 0.25) is 0 Å². The fraction of sp³-hybridized carbons (Fsp3) is 0.500. The van der Waals surface area contributed by atoms with E-state index in [-0.39, 0.29) is 11.8 Å². The Labute approximate surface area is 182 Å². The van der Waals surface area contributed by atoms with Crippen molar-refractivity contribution in [3.8, 4) is 5.75 Å². The molecular weight excluding hydrogens is 374 g/mol. The minimum atomic E-state index is -0.741. The summed E-state index contributed by atoms with van der Waals surface area (Å²) in [6.07, 6.45) is 0.997. The monoisotopic (exact) mass is 413 g/mol. The SMILES string of the molecule is CC(C)C(=O)O.Cc1ccc(O)c([C@H](CCN(C(C)C)C(C)C)c2ccccc2)c1. The molecule has 4 heteroatoms. The highest BCUT2D eigenvalue weighted by Crippen LogP contribution is 2.35. The van der Waals surface area contributed by atoms with Crippen LogP contribution < -0.4 is 0 Å². The average molecular weight is 414 g/mol. The number of rotatable bonds is 8. The molecule has 2 N–H and O–H groups in total. The first-order valence-electron chi connectivity index (χ1n) is 10.9. The smallest absolute Gasteiger partial charge is 0.305 e. The van der Waals surface area contributed by atoms with E-state index in [0.29, 0.717) is 17.8 Å². The van der Waals surface area contributed by atoms with Crippen molar-refractivity contribution in [1.82, 2.24) is 4.90 Å². The lowest BCUT2D eigenvalue weighted by Gasteiger charge is -2.32. The molecule has 2 aromatic carbocycles. The second kappa shape index (κ2) is 12.4. The number of aryl methyl sites for hydroxylation is 1. The lowest BCUT2D eigenvalue weighted by Crippen LogP contribution is -2.38. The predicted octanol–water partition coefficient (Wildman–Crippen LogP) is 6.07. The van der Waals surface area contributed by atoms with Gasteiger partial charge in [-0.05, 0) is 59.2 Å². The van der Waals surface area contributed by atoms with E-state index in [0.717, 1.165) is 18.5 Å². The molecule has 0 unspecified atom stereocenters. The predicted molar refractivity (Wildman–Crippen MR) is 125 cm³/mol. The van der Waals surface area contributed by atoms with Crippen LogP contribution in [0.3, 0.4) is 0 Å². The highest BCUT2D eigenvalue weighted by molar-refractivity contribution is 5.68. The maximum absolute atomic E-state index is 10.4. The van der Waals surface area contributed by atoms with Gasteiger partial charge in [-0.2, -0.15) is 0 Å². The van der Waals surface area contributed by atoms with Crippen LogP contribution in [0.5, 0.6) is 5.75 Å².